The molecule has 1 aromatic rings. The number of ether oxygens (including phenoxy) is 1. The normalized spacial score (nSPS) is 24.9. The van der Waals surface area contributed by atoms with E-state index in [0.717, 1.165) is 6.54 Å². The summed E-state index contributed by atoms with van der Waals surface area (Å²) < 4.78 is 5.69. The maximum atomic E-state index is 10.7. The Bertz CT molecular complexity index is 393. The minimum Gasteiger partial charge on any atom is -0.481 e. The first-order valence-electron chi connectivity index (χ1n) is 6.29. The summed E-state index contributed by atoms with van der Waals surface area (Å²) in [6.45, 7) is 4.01. The van der Waals surface area contributed by atoms with Gasteiger partial charge in [-0.3, -0.25) is 9.69 Å². The Kier molecular flexibility index (Phi) is 4.33. The fourth-order valence-corrected chi connectivity index (χ4v) is 2.34. The number of carboxylic acid groups (broad SMARTS) is 1. The molecule has 4 heteroatoms. The lowest BCUT2D eigenvalue weighted by Gasteiger charge is -2.38. The number of morpholine rings is 1. The van der Waals surface area contributed by atoms with Gasteiger partial charge in [-0.05, 0) is 12.5 Å². The largest absolute Gasteiger partial charge is 0.481 e. The van der Waals surface area contributed by atoms with E-state index >= 15 is 0 Å². The molecule has 4 nitrogen and oxygen atoms in total. The average Bonchev–Trinajstić information content (AvgIpc) is 2.37. The molecule has 1 heterocycles. The second-order valence-corrected chi connectivity index (χ2v) is 4.71. The summed E-state index contributed by atoms with van der Waals surface area (Å²) >= 11 is 0. The van der Waals surface area contributed by atoms with Crippen LogP contribution in [0.3, 0.4) is 0 Å². The molecule has 1 N–H and O–H groups in total. The molecule has 0 aliphatic carbocycles. The second kappa shape index (κ2) is 5.98. The Morgan fingerprint density at radius 1 is 1.44 bits per heavy atom. The molecule has 1 fully saturated rings. The fraction of sp³-hybridized carbons (Fsp3) is 0.500. The van der Waals surface area contributed by atoms with Crippen molar-refractivity contribution in [3.8, 4) is 0 Å². The van der Waals surface area contributed by atoms with Crippen molar-refractivity contribution in [2.75, 3.05) is 19.7 Å². The molecule has 2 atom stereocenters. The zero-order chi connectivity index (χ0) is 13.0. The molecule has 2 rings (SSSR count). The summed E-state index contributed by atoms with van der Waals surface area (Å²) in [5.41, 5.74) is 1.19. The molecule has 0 radical (unpaired) electrons. The average molecular weight is 249 g/mol. The molecule has 0 spiro atoms. The van der Waals surface area contributed by atoms with Gasteiger partial charge in [-0.15, -0.1) is 0 Å². The van der Waals surface area contributed by atoms with Crippen LogP contribution in [0, 0.1) is 0 Å². The molecule has 18 heavy (non-hydrogen) atoms. The van der Waals surface area contributed by atoms with E-state index in [4.69, 9.17) is 9.84 Å². The van der Waals surface area contributed by atoms with Gasteiger partial charge in [0.25, 0.3) is 0 Å². The van der Waals surface area contributed by atoms with E-state index in [1.54, 1.807) is 0 Å². The van der Waals surface area contributed by atoms with Crippen molar-refractivity contribution in [2.45, 2.75) is 25.5 Å². The Hall–Kier alpha value is -1.39. The van der Waals surface area contributed by atoms with Gasteiger partial charge in [0.2, 0.25) is 0 Å². The van der Waals surface area contributed by atoms with Crippen LogP contribution in [0.25, 0.3) is 0 Å². The summed E-state index contributed by atoms with van der Waals surface area (Å²) in [6, 6.07) is 10.3. The van der Waals surface area contributed by atoms with Crippen molar-refractivity contribution in [2.24, 2.45) is 0 Å². The SMILES string of the molecule is CC1CN(CCC(=O)O)C(c2ccccc2)CO1. The van der Waals surface area contributed by atoms with Gasteiger partial charge in [0, 0.05) is 13.1 Å². The Balaban J connectivity index is 2.08. The first-order valence-corrected chi connectivity index (χ1v) is 6.29. The lowest BCUT2D eigenvalue weighted by atomic mass is 10.0. The lowest BCUT2D eigenvalue weighted by Crippen LogP contribution is -2.44. The van der Waals surface area contributed by atoms with Crippen molar-refractivity contribution in [1.82, 2.24) is 4.90 Å². The number of carboxylic acids is 1. The number of hydrogen-bond donors (Lipinski definition) is 1. The highest BCUT2D eigenvalue weighted by Crippen LogP contribution is 2.26. The highest BCUT2D eigenvalue weighted by molar-refractivity contribution is 5.66. The van der Waals surface area contributed by atoms with Crippen LogP contribution in [0.4, 0.5) is 0 Å². The third-order valence-electron chi connectivity index (χ3n) is 3.27. The molecule has 1 aromatic carbocycles. The van der Waals surface area contributed by atoms with Crippen LogP contribution in [-0.2, 0) is 9.53 Å². The van der Waals surface area contributed by atoms with Crippen molar-refractivity contribution in [3.63, 3.8) is 0 Å². The number of hydrogen-bond acceptors (Lipinski definition) is 3. The molecule has 0 amide bonds. The van der Waals surface area contributed by atoms with Gasteiger partial charge >= 0.3 is 5.97 Å². The molecular formula is C14H19NO3. The van der Waals surface area contributed by atoms with Gasteiger partial charge in [0.1, 0.15) is 0 Å². The summed E-state index contributed by atoms with van der Waals surface area (Å²) in [5.74, 6) is -0.749. The van der Waals surface area contributed by atoms with Gasteiger partial charge in [-0.25, -0.2) is 0 Å². The van der Waals surface area contributed by atoms with E-state index in [1.165, 1.54) is 5.56 Å². The van der Waals surface area contributed by atoms with Crippen LogP contribution >= 0.6 is 0 Å². The molecule has 1 aliphatic heterocycles. The summed E-state index contributed by atoms with van der Waals surface area (Å²) in [6.07, 6.45) is 0.342. The van der Waals surface area contributed by atoms with Crippen LogP contribution in [-0.4, -0.2) is 41.8 Å². The van der Waals surface area contributed by atoms with Crippen LogP contribution in [0.15, 0.2) is 30.3 Å². The molecule has 98 valence electrons. The molecule has 1 aliphatic rings. The maximum absolute atomic E-state index is 10.7. The predicted molar refractivity (Wildman–Crippen MR) is 68.4 cm³/mol. The first-order chi connectivity index (χ1) is 8.66. The first kappa shape index (κ1) is 13.1. The number of benzene rings is 1. The number of aliphatic carboxylic acids is 1. The van der Waals surface area contributed by atoms with E-state index in [2.05, 4.69) is 17.0 Å². The van der Waals surface area contributed by atoms with E-state index in [-0.39, 0.29) is 18.6 Å². The molecule has 0 saturated carbocycles. The maximum Gasteiger partial charge on any atom is 0.304 e. The number of rotatable bonds is 4. The van der Waals surface area contributed by atoms with Gasteiger partial charge in [0.15, 0.2) is 0 Å². The zero-order valence-corrected chi connectivity index (χ0v) is 10.6. The minimum absolute atomic E-state index is 0.166. The van der Waals surface area contributed by atoms with E-state index < -0.39 is 5.97 Å². The predicted octanol–water partition coefficient (Wildman–Crippen LogP) is 1.92. The molecule has 0 aromatic heterocycles. The molecule has 1 saturated heterocycles. The second-order valence-electron chi connectivity index (χ2n) is 4.71. The van der Waals surface area contributed by atoms with Crippen molar-refractivity contribution in [3.05, 3.63) is 35.9 Å². The van der Waals surface area contributed by atoms with Gasteiger partial charge in [-0.2, -0.15) is 0 Å². The standard InChI is InChI=1S/C14H19NO3/c1-11-9-15(8-7-14(16)17)13(10-18-11)12-5-3-2-4-6-12/h2-6,11,13H,7-10H2,1H3,(H,16,17). The summed E-state index contributed by atoms with van der Waals surface area (Å²) in [7, 11) is 0. The highest BCUT2D eigenvalue weighted by Gasteiger charge is 2.27. The number of carbonyl (C=O) groups is 1. The third-order valence-corrected chi connectivity index (χ3v) is 3.27. The van der Waals surface area contributed by atoms with Crippen molar-refractivity contribution >= 4 is 5.97 Å². The Labute approximate surface area is 107 Å². The fourth-order valence-electron chi connectivity index (χ4n) is 2.34. The molecule has 2 unspecified atom stereocenters. The quantitative estimate of drug-likeness (QED) is 0.885. The van der Waals surface area contributed by atoms with E-state index in [1.807, 2.05) is 25.1 Å². The highest BCUT2D eigenvalue weighted by atomic mass is 16.5. The van der Waals surface area contributed by atoms with Crippen molar-refractivity contribution in [1.29, 1.82) is 0 Å². The van der Waals surface area contributed by atoms with Gasteiger partial charge < -0.3 is 9.84 Å². The van der Waals surface area contributed by atoms with Crippen LogP contribution in [0.1, 0.15) is 24.9 Å². The Morgan fingerprint density at radius 3 is 2.83 bits per heavy atom. The molecule has 0 bridgehead atoms. The van der Waals surface area contributed by atoms with Gasteiger partial charge in [-0.1, -0.05) is 30.3 Å². The third kappa shape index (κ3) is 3.31. The topological polar surface area (TPSA) is 49.8 Å². The van der Waals surface area contributed by atoms with Crippen molar-refractivity contribution < 1.29 is 14.6 Å². The zero-order valence-electron chi connectivity index (χ0n) is 10.6. The lowest BCUT2D eigenvalue weighted by molar-refractivity contribution is -0.138. The van der Waals surface area contributed by atoms with E-state index in [9.17, 15) is 4.79 Å². The van der Waals surface area contributed by atoms with Crippen LogP contribution < -0.4 is 0 Å². The monoisotopic (exact) mass is 249 g/mol. The summed E-state index contributed by atoms with van der Waals surface area (Å²) in [4.78, 5) is 12.9. The van der Waals surface area contributed by atoms with Crippen LogP contribution in [0.2, 0.25) is 0 Å². The molecular weight excluding hydrogens is 230 g/mol. The number of nitrogens with zero attached hydrogens (tertiary/aromatic N) is 1. The van der Waals surface area contributed by atoms with Gasteiger partial charge in [0.05, 0.1) is 25.2 Å². The summed E-state index contributed by atoms with van der Waals surface area (Å²) in [5, 5.41) is 8.81. The smallest absolute Gasteiger partial charge is 0.304 e. The van der Waals surface area contributed by atoms with Crippen LogP contribution in [0.5, 0.6) is 0 Å². The van der Waals surface area contributed by atoms with E-state index in [0.29, 0.717) is 13.2 Å². The minimum atomic E-state index is -0.749. The Morgan fingerprint density at radius 2 is 2.17 bits per heavy atom.